The summed E-state index contributed by atoms with van der Waals surface area (Å²) in [5.41, 5.74) is 1.84. The summed E-state index contributed by atoms with van der Waals surface area (Å²) < 4.78 is 32.9. The first-order valence-corrected chi connectivity index (χ1v) is 11.1. The maximum Gasteiger partial charge on any atom is 0.261 e. The zero-order valence-corrected chi connectivity index (χ0v) is 18.2. The molecule has 0 aliphatic carbocycles. The van der Waals surface area contributed by atoms with Gasteiger partial charge >= 0.3 is 0 Å². The van der Waals surface area contributed by atoms with Gasteiger partial charge in [0.1, 0.15) is 18.4 Å². The predicted molar refractivity (Wildman–Crippen MR) is 115 cm³/mol. The molecule has 0 aliphatic rings. The number of amides is 2. The molecule has 11 heteroatoms. The van der Waals surface area contributed by atoms with Gasteiger partial charge in [0.15, 0.2) is 0 Å². The Balaban J connectivity index is 1.94. The molecular weight excluding hydrogens is 436 g/mol. The zero-order valence-electron chi connectivity index (χ0n) is 17.4. The molecule has 2 rings (SSSR count). The van der Waals surface area contributed by atoms with E-state index < -0.39 is 22.0 Å². The van der Waals surface area contributed by atoms with Crippen LogP contribution in [0.25, 0.3) is 0 Å². The van der Waals surface area contributed by atoms with Crippen LogP contribution < -0.4 is 20.3 Å². The molecule has 1 aromatic heterocycles. The van der Waals surface area contributed by atoms with E-state index in [0.717, 1.165) is 0 Å². The number of hydrogen-bond acceptors (Lipinski definition) is 7. The van der Waals surface area contributed by atoms with Crippen LogP contribution in [-0.4, -0.2) is 49.6 Å². The van der Waals surface area contributed by atoms with E-state index in [0.29, 0.717) is 11.3 Å². The SMILES string of the molecule is CC#CCOc1ccc(S(=O)(=O)NC(CCCNC(=O)c2cccnc2)C(=O)NO)cc1. The van der Waals surface area contributed by atoms with Crippen molar-refractivity contribution in [3.8, 4) is 17.6 Å². The van der Waals surface area contributed by atoms with Crippen molar-refractivity contribution in [3.63, 3.8) is 0 Å². The monoisotopic (exact) mass is 460 g/mol. The fraction of sp³-hybridized carbons (Fsp3) is 0.286. The van der Waals surface area contributed by atoms with E-state index in [1.807, 2.05) is 0 Å². The number of hydroxylamine groups is 1. The lowest BCUT2D eigenvalue weighted by Gasteiger charge is -2.17. The van der Waals surface area contributed by atoms with Crippen molar-refractivity contribution in [1.29, 1.82) is 0 Å². The Bertz CT molecular complexity index is 1060. The second kappa shape index (κ2) is 12.4. The first kappa shape index (κ1) is 24.8. The van der Waals surface area contributed by atoms with Gasteiger partial charge in [0.25, 0.3) is 11.8 Å². The van der Waals surface area contributed by atoms with Crippen LogP contribution in [0.2, 0.25) is 0 Å². The number of sulfonamides is 1. The summed E-state index contributed by atoms with van der Waals surface area (Å²) in [5.74, 6) is 4.60. The number of carbonyl (C=O) groups excluding carboxylic acids is 2. The van der Waals surface area contributed by atoms with E-state index in [2.05, 4.69) is 26.9 Å². The summed E-state index contributed by atoms with van der Waals surface area (Å²) in [7, 11) is -4.05. The fourth-order valence-electron chi connectivity index (χ4n) is 2.59. The van der Waals surface area contributed by atoms with E-state index in [1.54, 1.807) is 25.3 Å². The van der Waals surface area contributed by atoms with Gasteiger partial charge in [0, 0.05) is 18.9 Å². The van der Waals surface area contributed by atoms with Crippen molar-refractivity contribution in [2.75, 3.05) is 13.2 Å². The average molecular weight is 461 g/mol. The number of carbonyl (C=O) groups is 2. The lowest BCUT2D eigenvalue weighted by molar-refractivity contribution is -0.131. The number of pyridine rings is 1. The third-order valence-corrected chi connectivity index (χ3v) is 5.71. The van der Waals surface area contributed by atoms with Crippen LogP contribution in [0.5, 0.6) is 5.75 Å². The average Bonchev–Trinajstić information content (AvgIpc) is 2.81. The van der Waals surface area contributed by atoms with Crippen molar-refractivity contribution < 1.29 is 28.0 Å². The summed E-state index contributed by atoms with van der Waals surface area (Å²) in [6.07, 6.45) is 3.27. The molecule has 4 N–H and O–H groups in total. The number of rotatable bonds is 11. The molecule has 1 heterocycles. The minimum atomic E-state index is -4.05. The highest BCUT2D eigenvalue weighted by molar-refractivity contribution is 7.89. The maximum atomic E-state index is 12.6. The Kier molecular flexibility index (Phi) is 9.62. The quantitative estimate of drug-likeness (QED) is 0.168. The standard InChI is InChI=1S/C21H24N4O6S/c1-2-3-14-31-17-8-10-18(11-9-17)32(29,30)25-19(21(27)24-28)7-5-13-23-20(26)16-6-4-12-22-15-16/h4,6,8-12,15,19,25,28H,5,7,13-14H2,1H3,(H,23,26)(H,24,27). The van der Waals surface area contributed by atoms with Crippen molar-refractivity contribution in [2.45, 2.75) is 30.7 Å². The van der Waals surface area contributed by atoms with Crippen LogP contribution >= 0.6 is 0 Å². The lowest BCUT2D eigenvalue weighted by atomic mass is 10.1. The van der Waals surface area contributed by atoms with Gasteiger partial charge in [-0.1, -0.05) is 5.92 Å². The Morgan fingerprint density at radius 1 is 1.22 bits per heavy atom. The predicted octanol–water partition coefficient (Wildman–Crippen LogP) is 0.846. The normalized spacial score (nSPS) is 11.6. The molecule has 0 radical (unpaired) electrons. The zero-order chi connectivity index (χ0) is 23.4. The third kappa shape index (κ3) is 7.66. The van der Waals surface area contributed by atoms with E-state index in [9.17, 15) is 18.0 Å². The van der Waals surface area contributed by atoms with Crippen LogP contribution in [0.4, 0.5) is 0 Å². The minimum Gasteiger partial charge on any atom is -0.481 e. The minimum absolute atomic E-state index is 0.0375. The molecule has 1 atom stereocenters. The topological polar surface area (TPSA) is 147 Å². The molecule has 0 fully saturated rings. The molecule has 10 nitrogen and oxygen atoms in total. The van der Waals surface area contributed by atoms with Crippen LogP contribution in [-0.2, 0) is 14.8 Å². The molecule has 0 saturated carbocycles. The fourth-order valence-corrected chi connectivity index (χ4v) is 3.82. The number of benzene rings is 1. The molecular formula is C21H24N4O6S. The summed E-state index contributed by atoms with van der Waals surface area (Å²) in [5, 5.41) is 11.6. The van der Waals surface area contributed by atoms with E-state index in [-0.39, 0.29) is 36.8 Å². The number of nitrogens with zero attached hydrogens (tertiary/aromatic N) is 1. The molecule has 2 aromatic rings. The molecule has 32 heavy (non-hydrogen) atoms. The van der Waals surface area contributed by atoms with E-state index in [1.165, 1.54) is 35.9 Å². The Morgan fingerprint density at radius 3 is 2.59 bits per heavy atom. The first-order chi connectivity index (χ1) is 15.4. The molecule has 170 valence electrons. The first-order valence-electron chi connectivity index (χ1n) is 9.64. The summed E-state index contributed by atoms with van der Waals surface area (Å²) in [6.45, 7) is 2.05. The van der Waals surface area contributed by atoms with E-state index in [4.69, 9.17) is 9.94 Å². The van der Waals surface area contributed by atoms with Gasteiger partial charge in [-0.15, -0.1) is 5.92 Å². The van der Waals surface area contributed by atoms with Gasteiger partial charge in [0.2, 0.25) is 10.0 Å². The highest BCUT2D eigenvalue weighted by atomic mass is 32.2. The van der Waals surface area contributed by atoms with Crippen LogP contribution in [0.15, 0.2) is 53.7 Å². The lowest BCUT2D eigenvalue weighted by Crippen LogP contribution is -2.46. The summed E-state index contributed by atoms with van der Waals surface area (Å²) >= 11 is 0. The van der Waals surface area contributed by atoms with Crippen LogP contribution in [0.1, 0.15) is 30.1 Å². The Hall–Kier alpha value is -3.46. The maximum absolute atomic E-state index is 12.6. The summed E-state index contributed by atoms with van der Waals surface area (Å²) in [4.78, 5) is 27.7. The highest BCUT2D eigenvalue weighted by Gasteiger charge is 2.25. The van der Waals surface area contributed by atoms with Gasteiger partial charge in [-0.2, -0.15) is 4.72 Å². The van der Waals surface area contributed by atoms with Crippen molar-refractivity contribution in [3.05, 3.63) is 54.4 Å². The molecule has 2 amide bonds. The van der Waals surface area contributed by atoms with Crippen LogP contribution in [0.3, 0.4) is 0 Å². The van der Waals surface area contributed by atoms with Gasteiger partial charge in [-0.3, -0.25) is 19.8 Å². The number of nitrogens with one attached hydrogen (secondary N) is 3. The highest BCUT2D eigenvalue weighted by Crippen LogP contribution is 2.16. The second-order valence-electron chi connectivity index (χ2n) is 6.48. The largest absolute Gasteiger partial charge is 0.481 e. The molecule has 1 aromatic carbocycles. The second-order valence-corrected chi connectivity index (χ2v) is 8.19. The molecule has 0 bridgehead atoms. The smallest absolute Gasteiger partial charge is 0.261 e. The summed E-state index contributed by atoms with van der Waals surface area (Å²) in [6, 6.07) is 7.60. The van der Waals surface area contributed by atoms with Gasteiger partial charge in [-0.05, 0) is 56.2 Å². The Labute approximate surface area is 186 Å². The number of aromatic nitrogens is 1. The number of hydrogen-bond donors (Lipinski definition) is 4. The van der Waals surface area contributed by atoms with Gasteiger partial charge in [0.05, 0.1) is 10.5 Å². The third-order valence-electron chi connectivity index (χ3n) is 4.22. The van der Waals surface area contributed by atoms with Gasteiger partial charge in [-0.25, -0.2) is 13.9 Å². The molecule has 1 unspecified atom stereocenters. The molecule has 0 aliphatic heterocycles. The van der Waals surface area contributed by atoms with E-state index >= 15 is 0 Å². The Morgan fingerprint density at radius 2 is 1.97 bits per heavy atom. The van der Waals surface area contributed by atoms with Gasteiger partial charge < -0.3 is 10.1 Å². The van der Waals surface area contributed by atoms with Crippen molar-refractivity contribution in [1.82, 2.24) is 20.5 Å². The number of ether oxygens (including phenoxy) is 1. The van der Waals surface area contributed by atoms with Crippen molar-refractivity contribution >= 4 is 21.8 Å². The van der Waals surface area contributed by atoms with Crippen LogP contribution in [0, 0.1) is 11.8 Å². The van der Waals surface area contributed by atoms with Crippen molar-refractivity contribution in [2.24, 2.45) is 0 Å². The molecule has 0 saturated heterocycles. The molecule has 0 spiro atoms.